The van der Waals surface area contributed by atoms with Gasteiger partial charge in [0.25, 0.3) is 0 Å². The Labute approximate surface area is 130 Å². The van der Waals surface area contributed by atoms with Gasteiger partial charge in [-0.25, -0.2) is 0 Å². The molecular weight excluding hydrogens is 302 g/mol. The van der Waals surface area contributed by atoms with E-state index in [9.17, 15) is 4.79 Å². The van der Waals surface area contributed by atoms with E-state index in [-0.39, 0.29) is 5.69 Å². The molecule has 0 spiro atoms. The fourth-order valence-corrected chi connectivity index (χ4v) is 3.30. The molecular formula is C15H15N3O3S. The van der Waals surface area contributed by atoms with Crippen molar-refractivity contribution < 1.29 is 14.1 Å². The Hall–Kier alpha value is -2.41. The zero-order valence-electron chi connectivity index (χ0n) is 12.5. The third-order valence-corrected chi connectivity index (χ3v) is 4.29. The number of rotatable bonds is 3. The summed E-state index contributed by atoms with van der Waals surface area (Å²) in [6.45, 7) is 4.47. The van der Waals surface area contributed by atoms with Gasteiger partial charge in [-0.15, -0.1) is 0 Å². The smallest absolute Gasteiger partial charge is 0.301 e. The summed E-state index contributed by atoms with van der Waals surface area (Å²) >= 11 is 1.44. The maximum Gasteiger partial charge on any atom is 0.301 e. The molecule has 3 rings (SSSR count). The highest BCUT2D eigenvalue weighted by atomic mass is 32.1. The summed E-state index contributed by atoms with van der Waals surface area (Å²) in [5.41, 5.74) is 1.24. The second-order valence-corrected chi connectivity index (χ2v) is 5.71. The lowest BCUT2D eigenvalue weighted by Crippen LogP contribution is -2.15. The molecule has 1 aromatic carbocycles. The number of carbonyl (C=O) groups is 1. The number of thiazole rings is 1. The average molecular weight is 317 g/mol. The van der Waals surface area contributed by atoms with Gasteiger partial charge in [0.1, 0.15) is 11.5 Å². The number of hydrogen-bond acceptors (Lipinski definition) is 5. The van der Waals surface area contributed by atoms with Gasteiger partial charge < -0.3 is 13.8 Å². The van der Waals surface area contributed by atoms with E-state index >= 15 is 0 Å². The Morgan fingerprint density at radius 1 is 1.45 bits per heavy atom. The van der Waals surface area contributed by atoms with Crippen molar-refractivity contribution in [2.24, 2.45) is 4.99 Å². The van der Waals surface area contributed by atoms with Gasteiger partial charge in [0.2, 0.25) is 0 Å². The molecule has 7 heteroatoms. The van der Waals surface area contributed by atoms with Gasteiger partial charge in [-0.05, 0) is 32.0 Å². The monoisotopic (exact) mass is 317 g/mol. The van der Waals surface area contributed by atoms with Crippen molar-refractivity contribution in [2.75, 3.05) is 7.11 Å². The number of methoxy groups -OCH3 is 1. The largest absolute Gasteiger partial charge is 0.497 e. The van der Waals surface area contributed by atoms with Crippen LogP contribution in [0.3, 0.4) is 0 Å². The number of aryl methyl sites for hydroxylation is 2. The molecule has 6 nitrogen and oxygen atoms in total. The SMILES string of the molecule is CCn1c(=NC(=O)c2cc(C)on2)sc2cc(OC)ccc21. The molecule has 0 fully saturated rings. The zero-order chi connectivity index (χ0) is 15.7. The van der Waals surface area contributed by atoms with E-state index in [0.717, 1.165) is 22.5 Å². The number of aromatic nitrogens is 2. The Kier molecular flexibility index (Phi) is 3.81. The van der Waals surface area contributed by atoms with Crippen molar-refractivity contribution in [1.29, 1.82) is 0 Å². The van der Waals surface area contributed by atoms with Crippen LogP contribution in [0, 0.1) is 6.92 Å². The highest BCUT2D eigenvalue weighted by Crippen LogP contribution is 2.23. The molecule has 0 bridgehead atoms. The highest BCUT2D eigenvalue weighted by molar-refractivity contribution is 7.16. The molecule has 114 valence electrons. The number of carbonyl (C=O) groups excluding carboxylic acids is 1. The van der Waals surface area contributed by atoms with Gasteiger partial charge in [0.05, 0.1) is 17.3 Å². The average Bonchev–Trinajstić information content (AvgIpc) is 3.09. The first-order valence-electron chi connectivity index (χ1n) is 6.82. The molecule has 3 aromatic rings. The van der Waals surface area contributed by atoms with Crippen molar-refractivity contribution in [1.82, 2.24) is 9.72 Å². The summed E-state index contributed by atoms with van der Waals surface area (Å²) in [5.74, 6) is 0.961. The van der Waals surface area contributed by atoms with Gasteiger partial charge >= 0.3 is 5.91 Å². The van der Waals surface area contributed by atoms with Gasteiger partial charge in [0, 0.05) is 12.6 Å². The second-order valence-electron chi connectivity index (χ2n) is 4.70. The number of hydrogen-bond donors (Lipinski definition) is 0. The summed E-state index contributed by atoms with van der Waals surface area (Å²) in [6.07, 6.45) is 0. The van der Waals surface area contributed by atoms with Crippen molar-refractivity contribution in [3.05, 3.63) is 40.5 Å². The first-order chi connectivity index (χ1) is 10.6. The summed E-state index contributed by atoms with van der Waals surface area (Å²) in [7, 11) is 1.63. The Bertz CT molecular complexity index is 904. The third kappa shape index (κ3) is 2.55. The number of fused-ring (bicyclic) bond motifs is 1. The van der Waals surface area contributed by atoms with Crippen molar-refractivity contribution in [3.63, 3.8) is 0 Å². The lowest BCUT2D eigenvalue weighted by Gasteiger charge is -2.01. The van der Waals surface area contributed by atoms with Crippen LogP contribution >= 0.6 is 11.3 Å². The topological polar surface area (TPSA) is 69.6 Å². The van der Waals surface area contributed by atoms with Gasteiger partial charge in [-0.2, -0.15) is 4.99 Å². The molecule has 0 saturated carbocycles. The van der Waals surface area contributed by atoms with Gasteiger partial charge in [-0.1, -0.05) is 16.5 Å². The molecule has 2 heterocycles. The predicted molar refractivity (Wildman–Crippen MR) is 83.2 cm³/mol. The molecule has 0 saturated heterocycles. The maximum atomic E-state index is 12.2. The van der Waals surface area contributed by atoms with Crippen LogP contribution in [0.25, 0.3) is 10.2 Å². The molecule has 1 amide bonds. The predicted octanol–water partition coefficient (Wildman–Crippen LogP) is 2.77. The minimum atomic E-state index is -0.405. The van der Waals surface area contributed by atoms with Crippen LogP contribution in [0.2, 0.25) is 0 Å². The van der Waals surface area contributed by atoms with Crippen LogP contribution in [0.15, 0.2) is 33.8 Å². The minimum absolute atomic E-state index is 0.218. The normalized spacial score (nSPS) is 12.0. The molecule has 0 aliphatic heterocycles. The van der Waals surface area contributed by atoms with E-state index in [2.05, 4.69) is 10.1 Å². The van der Waals surface area contributed by atoms with Gasteiger partial charge in [0.15, 0.2) is 10.5 Å². The molecule has 0 N–H and O–H groups in total. The van der Waals surface area contributed by atoms with Gasteiger partial charge in [-0.3, -0.25) is 4.79 Å². The van der Waals surface area contributed by atoms with E-state index in [1.54, 1.807) is 20.1 Å². The first kappa shape index (κ1) is 14.5. The van der Waals surface area contributed by atoms with E-state index in [0.29, 0.717) is 10.6 Å². The number of nitrogens with zero attached hydrogens (tertiary/aromatic N) is 3. The molecule has 0 aliphatic carbocycles. The molecule has 0 atom stereocenters. The van der Waals surface area contributed by atoms with Crippen LogP contribution in [0.1, 0.15) is 23.2 Å². The van der Waals surface area contributed by atoms with Crippen molar-refractivity contribution >= 4 is 27.5 Å². The minimum Gasteiger partial charge on any atom is -0.497 e. The lowest BCUT2D eigenvalue weighted by molar-refractivity contribution is 0.0989. The summed E-state index contributed by atoms with van der Waals surface area (Å²) in [5, 5.41) is 3.71. The number of ether oxygens (including phenoxy) is 1. The fraction of sp³-hybridized carbons (Fsp3) is 0.267. The van der Waals surface area contributed by atoms with Crippen LogP contribution in [-0.4, -0.2) is 22.7 Å². The molecule has 0 radical (unpaired) electrons. The first-order valence-corrected chi connectivity index (χ1v) is 7.63. The van der Waals surface area contributed by atoms with Crippen molar-refractivity contribution in [2.45, 2.75) is 20.4 Å². The second kappa shape index (κ2) is 5.76. The molecule has 22 heavy (non-hydrogen) atoms. The van der Waals surface area contributed by atoms with Crippen LogP contribution in [-0.2, 0) is 6.54 Å². The number of benzene rings is 1. The highest BCUT2D eigenvalue weighted by Gasteiger charge is 2.12. The summed E-state index contributed by atoms with van der Waals surface area (Å²) in [6, 6.07) is 7.39. The Balaban J connectivity index is 2.13. The zero-order valence-corrected chi connectivity index (χ0v) is 13.3. The molecule has 0 aliphatic rings. The fourth-order valence-electron chi connectivity index (χ4n) is 2.18. The van der Waals surface area contributed by atoms with E-state index in [1.165, 1.54) is 11.3 Å². The van der Waals surface area contributed by atoms with E-state index < -0.39 is 5.91 Å². The summed E-state index contributed by atoms with van der Waals surface area (Å²) < 4.78 is 13.2. The van der Waals surface area contributed by atoms with Crippen molar-refractivity contribution in [3.8, 4) is 5.75 Å². The third-order valence-electron chi connectivity index (χ3n) is 3.25. The standard InChI is InChI=1S/C15H15N3O3S/c1-4-18-12-6-5-10(20-3)8-13(12)22-15(18)16-14(19)11-7-9(2)21-17-11/h5-8H,4H2,1-3H3. The quantitative estimate of drug-likeness (QED) is 0.745. The Morgan fingerprint density at radius 2 is 2.27 bits per heavy atom. The Morgan fingerprint density at radius 3 is 2.91 bits per heavy atom. The van der Waals surface area contributed by atoms with E-state index in [4.69, 9.17) is 9.26 Å². The van der Waals surface area contributed by atoms with Crippen LogP contribution < -0.4 is 9.54 Å². The lowest BCUT2D eigenvalue weighted by atomic mass is 10.3. The summed E-state index contributed by atoms with van der Waals surface area (Å²) in [4.78, 5) is 17.0. The number of amides is 1. The molecule has 0 unspecified atom stereocenters. The van der Waals surface area contributed by atoms with E-state index in [1.807, 2.05) is 29.7 Å². The van der Waals surface area contributed by atoms with Crippen LogP contribution in [0.5, 0.6) is 5.75 Å². The molecule has 2 aromatic heterocycles. The van der Waals surface area contributed by atoms with Crippen LogP contribution in [0.4, 0.5) is 0 Å². The maximum absolute atomic E-state index is 12.2.